The van der Waals surface area contributed by atoms with Crippen molar-refractivity contribution in [1.82, 2.24) is 9.97 Å². The van der Waals surface area contributed by atoms with Crippen molar-refractivity contribution < 1.29 is 24.8 Å². The molecule has 3 aliphatic rings. The van der Waals surface area contributed by atoms with Crippen molar-refractivity contribution in [2.45, 2.75) is 64.7 Å². The van der Waals surface area contributed by atoms with E-state index in [1.165, 1.54) is 98.5 Å². The van der Waals surface area contributed by atoms with Gasteiger partial charge in [0.2, 0.25) is 0 Å². The number of hydrogen-bond donors (Lipinski definition) is 0. The van der Waals surface area contributed by atoms with Crippen molar-refractivity contribution in [1.29, 1.82) is 0 Å². The van der Waals surface area contributed by atoms with Gasteiger partial charge in [-0.1, -0.05) is 153 Å². The molecule has 0 fully saturated rings. The minimum atomic E-state index is -0.483. The van der Waals surface area contributed by atoms with Gasteiger partial charge in [-0.25, -0.2) is 0 Å². The molecule has 4 nitrogen and oxygen atoms in total. The Balaban J connectivity index is 0.000000299. The molecule has 3 heterocycles. The molecule has 1 atom stereocenters. The van der Waals surface area contributed by atoms with E-state index >= 15 is 0 Å². The quantitative estimate of drug-likeness (QED) is 0.101. The summed E-state index contributed by atoms with van der Waals surface area (Å²) in [4.78, 5) is 11.7. The molecule has 0 amide bonds. The largest absolute Gasteiger partial charge is 0.453 e. The Morgan fingerprint density at radius 3 is 1.96 bits per heavy atom. The van der Waals surface area contributed by atoms with Crippen LogP contribution < -0.4 is 9.64 Å². The maximum atomic E-state index is 6.81. The number of unbranched alkanes of at least 4 members (excludes halogenated alkanes) is 4. The van der Waals surface area contributed by atoms with E-state index in [0.29, 0.717) is 0 Å². The molecule has 2 aliphatic carbocycles. The number of rotatable bonds is 10. The van der Waals surface area contributed by atoms with Gasteiger partial charge < -0.3 is 19.6 Å². The van der Waals surface area contributed by atoms with Crippen molar-refractivity contribution in [3.63, 3.8) is 0 Å². The maximum absolute atomic E-state index is 6.81. The molecule has 5 heteroatoms. The fourth-order valence-electron chi connectivity index (χ4n) is 12.0. The first-order valence-electron chi connectivity index (χ1n) is 26.9. The summed E-state index contributed by atoms with van der Waals surface area (Å²) in [5.74, 6) is 1.69. The smallest absolute Gasteiger partial charge is 0.152 e. The standard InChI is InChI=1S/C57H47N2O.C15H10N.Ir/c1-4-5-6-7-8-12-39-18-20-40(21-19-39)41-22-26-44(27-23-41)59-52-30-17-38(3)34-54(52)60-55-36-43(25-31-53(55)59)42-24-29-46-45-28-16-37(2)33-50(45)57(51(46)35-42)48-14-10-9-13-47(48)56-49(57)15-11-32-58-56;1-2-7-13(8-3-1)15-14-9-5-4-6-12(14)10-11-16-15;/h9-11,14-36H,4-8,12H2,1-3H3;1-7,9-11H;/q2*-1;. The van der Waals surface area contributed by atoms with Crippen LogP contribution in [0.1, 0.15) is 78.0 Å². The first-order valence-corrected chi connectivity index (χ1v) is 26.9. The van der Waals surface area contributed by atoms with Gasteiger partial charge in [0.15, 0.2) is 11.5 Å². The van der Waals surface area contributed by atoms with Crippen LogP contribution in [-0.4, -0.2) is 9.97 Å². The van der Waals surface area contributed by atoms with Crippen molar-refractivity contribution >= 4 is 27.8 Å². The number of ether oxygens (including phenoxy) is 1. The van der Waals surface area contributed by atoms with Gasteiger partial charge in [-0.15, -0.1) is 71.3 Å². The molecule has 9 aromatic carbocycles. The zero-order valence-electron chi connectivity index (χ0n) is 43.6. The average Bonchev–Trinajstić information content (AvgIpc) is 4.17. The summed E-state index contributed by atoms with van der Waals surface area (Å²) in [5.41, 5.74) is 23.0. The fourth-order valence-corrected chi connectivity index (χ4v) is 12.0. The van der Waals surface area contributed by atoms with Gasteiger partial charge in [0, 0.05) is 43.6 Å². The van der Waals surface area contributed by atoms with E-state index < -0.39 is 5.41 Å². The number of aryl methyl sites for hydroxylation is 3. The van der Waals surface area contributed by atoms with Crippen LogP contribution >= 0.6 is 0 Å². The van der Waals surface area contributed by atoms with Gasteiger partial charge in [-0.05, 0) is 159 Å². The zero-order valence-corrected chi connectivity index (χ0v) is 46.0. The molecule has 2 aromatic heterocycles. The Morgan fingerprint density at radius 2 is 1.14 bits per heavy atom. The van der Waals surface area contributed by atoms with Crippen LogP contribution in [0.3, 0.4) is 0 Å². The first-order chi connectivity index (χ1) is 37.5. The van der Waals surface area contributed by atoms with E-state index in [1.807, 2.05) is 60.9 Å². The molecule has 1 aliphatic heterocycles. The van der Waals surface area contributed by atoms with Gasteiger partial charge in [0.05, 0.1) is 11.4 Å². The van der Waals surface area contributed by atoms with E-state index in [-0.39, 0.29) is 20.1 Å². The number of fused-ring (bicyclic) bond motifs is 13. The Labute approximate surface area is 466 Å². The predicted molar refractivity (Wildman–Crippen MR) is 313 cm³/mol. The molecule has 0 saturated carbocycles. The molecule has 1 unspecified atom stereocenters. The van der Waals surface area contributed by atoms with E-state index in [0.717, 1.165) is 74.2 Å². The second-order valence-electron chi connectivity index (χ2n) is 20.6. The minimum Gasteiger partial charge on any atom is -0.453 e. The molecular weight excluding hydrogens is 1120 g/mol. The van der Waals surface area contributed by atoms with Crippen molar-refractivity contribution in [3.8, 4) is 67.4 Å². The normalized spacial score (nSPS) is 14.0. The topological polar surface area (TPSA) is 38.2 Å². The number of nitrogens with zero attached hydrogens (tertiary/aromatic N) is 3. The third-order valence-corrected chi connectivity index (χ3v) is 15.7. The molecule has 0 N–H and O–H groups in total. The third-order valence-electron chi connectivity index (χ3n) is 15.7. The summed E-state index contributed by atoms with van der Waals surface area (Å²) in [6.07, 6.45) is 11.5. The number of benzene rings is 9. The van der Waals surface area contributed by atoms with Gasteiger partial charge >= 0.3 is 0 Å². The van der Waals surface area contributed by atoms with Crippen LogP contribution in [0.15, 0.2) is 219 Å². The first kappa shape index (κ1) is 49.7. The van der Waals surface area contributed by atoms with Crippen LogP contribution in [0.25, 0.3) is 66.7 Å². The van der Waals surface area contributed by atoms with Crippen molar-refractivity contribution in [2.75, 3.05) is 4.90 Å². The minimum absolute atomic E-state index is 0. The number of aromatic nitrogens is 2. The molecular formula is C72H57IrN3O-2. The summed E-state index contributed by atoms with van der Waals surface area (Å²) in [6, 6.07) is 81.1. The average molecular weight is 1170 g/mol. The van der Waals surface area contributed by atoms with E-state index in [2.05, 4.69) is 201 Å². The van der Waals surface area contributed by atoms with Gasteiger partial charge in [0.1, 0.15) is 0 Å². The molecule has 1 spiro atoms. The van der Waals surface area contributed by atoms with E-state index in [9.17, 15) is 0 Å². The maximum Gasteiger partial charge on any atom is 0.152 e. The number of pyridine rings is 2. The molecule has 11 aromatic rings. The summed E-state index contributed by atoms with van der Waals surface area (Å²) in [6.45, 7) is 6.59. The fraction of sp³-hybridized carbons (Fsp3) is 0.139. The molecule has 377 valence electrons. The number of anilines is 3. The molecule has 0 bridgehead atoms. The molecule has 0 saturated heterocycles. The molecule has 1 radical (unpaired) electrons. The van der Waals surface area contributed by atoms with Crippen LogP contribution in [0.4, 0.5) is 17.1 Å². The third kappa shape index (κ3) is 8.88. The van der Waals surface area contributed by atoms with Crippen LogP contribution in [0.5, 0.6) is 11.5 Å². The summed E-state index contributed by atoms with van der Waals surface area (Å²) in [5, 5.41) is 2.39. The van der Waals surface area contributed by atoms with Crippen molar-refractivity contribution in [2.24, 2.45) is 0 Å². The Kier molecular flexibility index (Phi) is 13.6. The summed E-state index contributed by atoms with van der Waals surface area (Å²) < 4.78 is 6.81. The molecule has 77 heavy (non-hydrogen) atoms. The summed E-state index contributed by atoms with van der Waals surface area (Å²) >= 11 is 0. The van der Waals surface area contributed by atoms with Crippen LogP contribution in [0, 0.1) is 26.0 Å². The molecule has 14 rings (SSSR count). The summed E-state index contributed by atoms with van der Waals surface area (Å²) in [7, 11) is 0. The Morgan fingerprint density at radius 1 is 0.494 bits per heavy atom. The Hall–Kier alpha value is -8.21. The monoisotopic (exact) mass is 1170 g/mol. The second-order valence-corrected chi connectivity index (χ2v) is 20.6. The van der Waals surface area contributed by atoms with Crippen LogP contribution in [0.2, 0.25) is 0 Å². The van der Waals surface area contributed by atoms with Crippen LogP contribution in [-0.2, 0) is 31.9 Å². The predicted octanol–water partition coefficient (Wildman–Crippen LogP) is 19.0. The van der Waals surface area contributed by atoms with Gasteiger partial charge in [-0.2, -0.15) is 0 Å². The van der Waals surface area contributed by atoms with E-state index in [1.54, 1.807) is 0 Å². The van der Waals surface area contributed by atoms with E-state index in [4.69, 9.17) is 9.72 Å². The number of hydrogen-bond acceptors (Lipinski definition) is 4. The second kappa shape index (κ2) is 21.1. The Bertz CT molecular complexity index is 3910. The van der Waals surface area contributed by atoms with Crippen molar-refractivity contribution in [3.05, 3.63) is 270 Å². The SMILES string of the molecule is CCCCCCCc1ccc(-c2ccc(N3c4ccc(C)cc4Oc4cc(-c5ccc6c(c5)C5(c7ccc[c-]c7-c7ncccc75)c5cc(C)ccc5-6)ccc43)cc2)cc1.[Ir].[c-]1ccccc1-c1nccc2ccccc12. The van der Waals surface area contributed by atoms with Gasteiger partial charge in [0.25, 0.3) is 0 Å². The van der Waals surface area contributed by atoms with Gasteiger partial charge in [-0.3, -0.25) is 0 Å². The zero-order chi connectivity index (χ0) is 51.2.